The summed E-state index contributed by atoms with van der Waals surface area (Å²) >= 11 is 1.33. The number of carbonyl (C=O) groups excluding carboxylic acids is 1. The number of hydrogen-bond donors (Lipinski definition) is 1. The molecule has 0 spiro atoms. The van der Waals surface area contributed by atoms with Crippen molar-refractivity contribution in [3.05, 3.63) is 64.9 Å². The molecule has 158 valence electrons. The van der Waals surface area contributed by atoms with E-state index in [2.05, 4.69) is 46.7 Å². The minimum absolute atomic E-state index is 0.262. The van der Waals surface area contributed by atoms with Crippen molar-refractivity contribution >= 4 is 38.9 Å². The van der Waals surface area contributed by atoms with Gasteiger partial charge in [0.1, 0.15) is 16.3 Å². The lowest BCUT2D eigenvalue weighted by atomic mass is 9.99. The second-order valence-electron chi connectivity index (χ2n) is 7.24. The Morgan fingerprint density at radius 3 is 2.65 bits per heavy atom. The van der Waals surface area contributed by atoms with Gasteiger partial charge in [-0.15, -0.1) is 10.2 Å². The first kappa shape index (κ1) is 20.8. The van der Waals surface area contributed by atoms with Crippen LogP contribution in [0, 0.1) is 13.8 Å². The van der Waals surface area contributed by atoms with Crippen molar-refractivity contribution in [2.45, 2.75) is 27.7 Å². The van der Waals surface area contributed by atoms with Crippen molar-refractivity contribution in [2.75, 3.05) is 11.9 Å². The number of amides is 1. The number of hydrogen-bond acceptors (Lipinski definition) is 6. The summed E-state index contributed by atoms with van der Waals surface area (Å²) in [5.74, 6) is 0.412. The van der Waals surface area contributed by atoms with E-state index >= 15 is 0 Å². The van der Waals surface area contributed by atoms with Gasteiger partial charge >= 0.3 is 0 Å². The van der Waals surface area contributed by atoms with Gasteiger partial charge in [-0.25, -0.2) is 0 Å². The van der Waals surface area contributed by atoms with Gasteiger partial charge in [0.05, 0.1) is 12.9 Å². The Morgan fingerprint density at radius 1 is 1.19 bits per heavy atom. The summed E-state index contributed by atoms with van der Waals surface area (Å²) in [4.78, 5) is 12.5. The van der Waals surface area contributed by atoms with Crippen molar-refractivity contribution in [3.63, 3.8) is 0 Å². The standard InChI is InChI=1S/C24H23N3O3S/c1-5-29-21-12-22-19(20(13-30-22)17-8-6-14(2)7-9-17)11-18(21)15(3)10-23(28)25-24-27-26-16(4)31-24/h6-13H,5H2,1-4H3,(H,25,27,28)/b15-10+. The number of nitrogens with one attached hydrogen (secondary N) is 1. The summed E-state index contributed by atoms with van der Waals surface area (Å²) in [6, 6.07) is 12.2. The number of aromatic nitrogens is 2. The fourth-order valence-electron chi connectivity index (χ4n) is 3.36. The van der Waals surface area contributed by atoms with Crippen LogP contribution in [0.3, 0.4) is 0 Å². The molecule has 0 saturated heterocycles. The third-order valence-electron chi connectivity index (χ3n) is 4.87. The van der Waals surface area contributed by atoms with Crippen LogP contribution >= 0.6 is 11.3 Å². The first-order valence-electron chi connectivity index (χ1n) is 9.99. The molecule has 0 saturated carbocycles. The van der Waals surface area contributed by atoms with Crippen LogP contribution < -0.4 is 10.1 Å². The Morgan fingerprint density at radius 2 is 1.97 bits per heavy atom. The molecule has 2 aromatic carbocycles. The maximum Gasteiger partial charge on any atom is 0.250 e. The number of ether oxygens (including phenoxy) is 1. The maximum atomic E-state index is 12.5. The molecule has 2 heterocycles. The van der Waals surface area contributed by atoms with Crippen molar-refractivity contribution < 1.29 is 13.9 Å². The van der Waals surface area contributed by atoms with E-state index in [-0.39, 0.29) is 5.91 Å². The maximum absolute atomic E-state index is 12.5. The monoisotopic (exact) mass is 433 g/mol. The van der Waals surface area contributed by atoms with Gasteiger partial charge < -0.3 is 9.15 Å². The number of allylic oxidation sites excluding steroid dienone is 1. The van der Waals surface area contributed by atoms with Gasteiger partial charge in [-0.2, -0.15) is 0 Å². The fourth-order valence-corrected chi connectivity index (χ4v) is 3.95. The smallest absolute Gasteiger partial charge is 0.250 e. The second-order valence-corrected chi connectivity index (χ2v) is 8.42. The zero-order chi connectivity index (χ0) is 22.0. The van der Waals surface area contributed by atoms with Gasteiger partial charge in [0.2, 0.25) is 11.0 Å². The average molecular weight is 434 g/mol. The molecule has 1 amide bonds. The summed E-state index contributed by atoms with van der Waals surface area (Å²) in [5, 5.41) is 12.9. The van der Waals surface area contributed by atoms with Gasteiger partial charge in [-0.05, 0) is 44.9 Å². The molecule has 0 aliphatic rings. The lowest BCUT2D eigenvalue weighted by Crippen LogP contribution is -2.08. The highest BCUT2D eigenvalue weighted by molar-refractivity contribution is 7.15. The van der Waals surface area contributed by atoms with Crippen LogP contribution in [-0.2, 0) is 4.79 Å². The van der Waals surface area contributed by atoms with E-state index in [0.29, 0.717) is 17.5 Å². The van der Waals surface area contributed by atoms with Crippen molar-refractivity contribution in [1.29, 1.82) is 0 Å². The third-order valence-corrected chi connectivity index (χ3v) is 5.62. The molecule has 0 aliphatic heterocycles. The highest BCUT2D eigenvalue weighted by Gasteiger charge is 2.15. The molecule has 7 heteroatoms. The molecule has 6 nitrogen and oxygen atoms in total. The Kier molecular flexibility index (Phi) is 5.86. The molecule has 0 atom stereocenters. The molecule has 0 bridgehead atoms. The Hall–Kier alpha value is -3.45. The highest BCUT2D eigenvalue weighted by atomic mass is 32.1. The summed E-state index contributed by atoms with van der Waals surface area (Å²) in [5.41, 5.74) is 5.63. The summed E-state index contributed by atoms with van der Waals surface area (Å²) in [6.07, 6.45) is 3.31. The van der Waals surface area contributed by atoms with Crippen LogP contribution in [0.2, 0.25) is 0 Å². The summed E-state index contributed by atoms with van der Waals surface area (Å²) in [6.45, 7) is 8.23. The molecule has 0 fully saturated rings. The lowest BCUT2D eigenvalue weighted by molar-refractivity contribution is -0.111. The molecule has 4 aromatic rings. The highest BCUT2D eigenvalue weighted by Crippen LogP contribution is 2.37. The van der Waals surface area contributed by atoms with Gasteiger partial charge in [0, 0.05) is 28.7 Å². The van der Waals surface area contributed by atoms with E-state index in [0.717, 1.165) is 38.2 Å². The number of carbonyl (C=O) groups is 1. The van der Waals surface area contributed by atoms with Crippen molar-refractivity contribution in [2.24, 2.45) is 0 Å². The Labute approximate surface area is 184 Å². The van der Waals surface area contributed by atoms with E-state index in [9.17, 15) is 4.79 Å². The molecular weight excluding hydrogens is 410 g/mol. The van der Waals surface area contributed by atoms with Gasteiger partial charge in [0.15, 0.2) is 0 Å². The van der Waals surface area contributed by atoms with Crippen LogP contribution in [0.4, 0.5) is 5.13 Å². The van der Waals surface area contributed by atoms with Gasteiger partial charge in [-0.1, -0.05) is 41.2 Å². The Balaban J connectivity index is 1.73. The fraction of sp³-hybridized carbons (Fsp3) is 0.208. The molecule has 0 aliphatic carbocycles. The lowest BCUT2D eigenvalue weighted by Gasteiger charge is -2.11. The van der Waals surface area contributed by atoms with E-state index < -0.39 is 0 Å². The molecule has 31 heavy (non-hydrogen) atoms. The van der Waals surface area contributed by atoms with Crippen LogP contribution in [-0.4, -0.2) is 22.7 Å². The Bertz CT molecular complexity index is 1270. The zero-order valence-corrected chi connectivity index (χ0v) is 18.7. The van der Waals surface area contributed by atoms with Crippen LogP contribution in [0.15, 0.2) is 53.2 Å². The number of benzene rings is 2. The number of aryl methyl sites for hydroxylation is 2. The van der Waals surface area contributed by atoms with Crippen molar-refractivity contribution in [3.8, 4) is 16.9 Å². The average Bonchev–Trinajstić information content (AvgIpc) is 3.33. The van der Waals surface area contributed by atoms with Crippen LogP contribution in [0.25, 0.3) is 27.7 Å². The number of fused-ring (bicyclic) bond motifs is 1. The largest absolute Gasteiger partial charge is 0.493 e. The molecule has 0 radical (unpaired) electrons. The molecule has 4 rings (SSSR count). The van der Waals surface area contributed by atoms with Crippen LogP contribution in [0.1, 0.15) is 30.0 Å². The topological polar surface area (TPSA) is 77.2 Å². The van der Waals surface area contributed by atoms with E-state index in [4.69, 9.17) is 9.15 Å². The second kappa shape index (κ2) is 8.73. The minimum atomic E-state index is -0.262. The van der Waals surface area contributed by atoms with Gasteiger partial charge in [-0.3, -0.25) is 10.1 Å². The normalized spacial score (nSPS) is 11.7. The third kappa shape index (κ3) is 4.51. The number of rotatable bonds is 6. The van der Waals surface area contributed by atoms with Crippen molar-refractivity contribution in [1.82, 2.24) is 10.2 Å². The predicted molar refractivity (Wildman–Crippen MR) is 124 cm³/mol. The number of furan rings is 1. The van der Waals surface area contributed by atoms with E-state index in [1.165, 1.54) is 16.9 Å². The molecule has 1 N–H and O–H groups in total. The van der Waals surface area contributed by atoms with E-state index in [1.807, 2.05) is 32.9 Å². The first-order valence-corrected chi connectivity index (χ1v) is 10.8. The van der Waals surface area contributed by atoms with E-state index in [1.54, 1.807) is 12.3 Å². The SMILES string of the molecule is CCOc1cc2occ(-c3ccc(C)cc3)c2cc1/C(C)=C/C(=O)Nc1nnc(C)s1. The number of nitrogens with zero attached hydrogens (tertiary/aromatic N) is 2. The molecule has 2 aromatic heterocycles. The number of anilines is 1. The quantitative estimate of drug-likeness (QED) is 0.377. The summed E-state index contributed by atoms with van der Waals surface area (Å²) in [7, 11) is 0. The van der Waals surface area contributed by atoms with Crippen LogP contribution in [0.5, 0.6) is 5.75 Å². The predicted octanol–water partition coefficient (Wildman–Crippen LogP) is 6.01. The van der Waals surface area contributed by atoms with Gasteiger partial charge in [0.25, 0.3) is 0 Å². The summed E-state index contributed by atoms with van der Waals surface area (Å²) < 4.78 is 11.7. The molecule has 0 unspecified atom stereocenters. The molecular formula is C24H23N3O3S. The minimum Gasteiger partial charge on any atom is -0.493 e. The zero-order valence-electron chi connectivity index (χ0n) is 17.9. The first-order chi connectivity index (χ1) is 14.9.